The Bertz CT molecular complexity index is 1250. The first-order valence-corrected chi connectivity index (χ1v) is 13.8. The second-order valence-electron chi connectivity index (χ2n) is 9.89. The summed E-state index contributed by atoms with van der Waals surface area (Å²) in [5, 5.41) is 3.28. The average Bonchev–Trinajstić information content (AvgIpc) is 3.12. The highest BCUT2D eigenvalue weighted by Crippen LogP contribution is 2.27. The van der Waals surface area contributed by atoms with Gasteiger partial charge in [-0.2, -0.15) is 0 Å². The first-order valence-electron chi connectivity index (χ1n) is 13.8. The van der Waals surface area contributed by atoms with Crippen LogP contribution in [0.25, 0.3) is 0 Å². The minimum Gasteiger partial charge on any atom is -0.460 e. The van der Waals surface area contributed by atoms with E-state index in [2.05, 4.69) is 5.32 Å². The van der Waals surface area contributed by atoms with Gasteiger partial charge in [0.05, 0.1) is 6.04 Å². The topological polar surface area (TPSA) is 111 Å². The van der Waals surface area contributed by atoms with Crippen LogP contribution >= 0.6 is 0 Å². The van der Waals surface area contributed by atoms with Gasteiger partial charge in [0.25, 0.3) is 0 Å². The van der Waals surface area contributed by atoms with Gasteiger partial charge >= 0.3 is 11.9 Å². The van der Waals surface area contributed by atoms with Crippen LogP contribution in [-0.4, -0.2) is 43.0 Å². The van der Waals surface area contributed by atoms with Gasteiger partial charge in [-0.05, 0) is 55.0 Å². The summed E-state index contributed by atoms with van der Waals surface area (Å²) in [6.45, 7) is 0.569. The monoisotopic (exact) mass is 543 g/mol. The van der Waals surface area contributed by atoms with Gasteiger partial charge in [0.2, 0.25) is 5.91 Å². The lowest BCUT2D eigenvalue weighted by atomic mass is 10.0. The summed E-state index contributed by atoms with van der Waals surface area (Å²) in [6, 6.07) is 25.1. The van der Waals surface area contributed by atoms with Crippen molar-refractivity contribution in [2.75, 3.05) is 18.0 Å². The number of anilines is 1. The smallest absolute Gasteiger partial charge is 0.326 e. The normalized spacial score (nSPS) is 15.6. The molecular formula is C32H37N3O5. The van der Waals surface area contributed by atoms with E-state index in [0.29, 0.717) is 37.9 Å². The standard InChI is InChI=1S/C32H37N3O5/c33-20-10-9-16-28(32(38)40-23-25-13-5-2-6-14-25)34-27-19-18-26-15-7-8-17-29(26)35(31(27)37)21-30(36)39-22-24-11-3-1-4-12-24/h1-8,11-15,17,27-28,34H,9-10,16,18-23,33H2/t27-,28-/m0/s1. The number of unbranched alkanes of at least 4 members (excludes halogenated alkanes) is 1. The number of para-hydroxylation sites is 1. The number of nitrogens with one attached hydrogen (secondary N) is 1. The molecule has 2 atom stereocenters. The van der Waals surface area contributed by atoms with E-state index in [0.717, 1.165) is 23.1 Å². The number of carbonyl (C=O) groups excluding carboxylic acids is 3. The zero-order valence-corrected chi connectivity index (χ0v) is 22.7. The van der Waals surface area contributed by atoms with Crippen LogP contribution in [0, 0.1) is 0 Å². The molecule has 8 nitrogen and oxygen atoms in total. The lowest BCUT2D eigenvalue weighted by Gasteiger charge is -2.28. The van der Waals surface area contributed by atoms with Crippen LogP contribution in [0.4, 0.5) is 5.69 Å². The van der Waals surface area contributed by atoms with E-state index in [4.69, 9.17) is 15.2 Å². The summed E-state index contributed by atoms with van der Waals surface area (Å²) >= 11 is 0. The maximum atomic E-state index is 13.9. The SMILES string of the molecule is NCCCC[C@H](N[C@H]1CCc2ccccc2N(CC(=O)OCc2ccccc2)C1=O)C(=O)OCc1ccccc1. The molecule has 0 fully saturated rings. The molecule has 0 aliphatic carbocycles. The fourth-order valence-electron chi connectivity index (χ4n) is 4.78. The van der Waals surface area contributed by atoms with Gasteiger partial charge in [-0.1, -0.05) is 85.3 Å². The largest absolute Gasteiger partial charge is 0.460 e. The molecule has 0 saturated carbocycles. The van der Waals surface area contributed by atoms with Crippen LogP contribution in [0.2, 0.25) is 0 Å². The van der Waals surface area contributed by atoms with Crippen molar-refractivity contribution in [3.05, 3.63) is 102 Å². The molecule has 1 amide bonds. The number of ether oxygens (including phenoxy) is 2. The van der Waals surface area contributed by atoms with Crippen molar-refractivity contribution < 1.29 is 23.9 Å². The molecule has 8 heteroatoms. The summed E-state index contributed by atoms with van der Waals surface area (Å²) < 4.78 is 11.1. The van der Waals surface area contributed by atoms with Gasteiger partial charge < -0.3 is 15.2 Å². The Labute approximate surface area is 235 Å². The van der Waals surface area contributed by atoms with E-state index in [9.17, 15) is 14.4 Å². The molecule has 3 aromatic rings. The Hall–Kier alpha value is -4.01. The zero-order valence-electron chi connectivity index (χ0n) is 22.7. The van der Waals surface area contributed by atoms with Crippen molar-refractivity contribution in [3.63, 3.8) is 0 Å². The highest BCUT2D eigenvalue weighted by atomic mass is 16.5. The Morgan fingerprint density at radius 1 is 0.875 bits per heavy atom. The minimum absolute atomic E-state index is 0.126. The molecule has 4 rings (SSSR count). The summed E-state index contributed by atoms with van der Waals surface area (Å²) in [5.74, 6) is -1.19. The van der Waals surface area contributed by atoms with Gasteiger partial charge in [0, 0.05) is 5.69 Å². The number of aryl methyl sites for hydroxylation is 1. The quantitative estimate of drug-likeness (QED) is 0.248. The van der Waals surface area contributed by atoms with Crippen molar-refractivity contribution in [2.45, 2.75) is 57.4 Å². The maximum Gasteiger partial charge on any atom is 0.326 e. The molecule has 0 unspecified atom stereocenters. The van der Waals surface area contributed by atoms with Crippen molar-refractivity contribution >= 4 is 23.5 Å². The van der Waals surface area contributed by atoms with E-state index in [1.54, 1.807) is 0 Å². The van der Waals surface area contributed by atoms with E-state index >= 15 is 0 Å². The van der Waals surface area contributed by atoms with E-state index < -0.39 is 24.0 Å². The fourth-order valence-corrected chi connectivity index (χ4v) is 4.78. The van der Waals surface area contributed by atoms with E-state index in [-0.39, 0.29) is 25.7 Å². The van der Waals surface area contributed by atoms with Gasteiger partial charge in [0.15, 0.2) is 0 Å². The van der Waals surface area contributed by atoms with Crippen molar-refractivity contribution in [3.8, 4) is 0 Å². The molecule has 0 aromatic heterocycles. The van der Waals surface area contributed by atoms with Crippen LogP contribution in [0.5, 0.6) is 0 Å². The Balaban J connectivity index is 1.47. The van der Waals surface area contributed by atoms with Crippen molar-refractivity contribution in [1.29, 1.82) is 0 Å². The molecular weight excluding hydrogens is 506 g/mol. The third-order valence-corrected chi connectivity index (χ3v) is 6.94. The molecule has 0 saturated heterocycles. The number of hydrogen-bond acceptors (Lipinski definition) is 7. The number of amides is 1. The van der Waals surface area contributed by atoms with E-state index in [1.165, 1.54) is 4.90 Å². The molecule has 0 radical (unpaired) electrons. The first kappa shape index (κ1) is 29.0. The van der Waals surface area contributed by atoms with Crippen LogP contribution in [0.1, 0.15) is 42.4 Å². The number of hydrogen-bond donors (Lipinski definition) is 2. The van der Waals surface area contributed by atoms with Gasteiger partial charge in [-0.3, -0.25) is 24.6 Å². The number of nitrogens with zero attached hydrogens (tertiary/aromatic N) is 1. The van der Waals surface area contributed by atoms with E-state index in [1.807, 2.05) is 84.9 Å². The Kier molecular flexibility index (Phi) is 10.8. The predicted octanol–water partition coefficient (Wildman–Crippen LogP) is 3.91. The summed E-state index contributed by atoms with van der Waals surface area (Å²) in [5.41, 5.74) is 9.08. The number of esters is 2. The number of rotatable bonds is 13. The Morgan fingerprint density at radius 3 is 2.17 bits per heavy atom. The van der Waals surface area contributed by atoms with Crippen LogP contribution in [-0.2, 0) is 43.5 Å². The van der Waals surface area contributed by atoms with Crippen molar-refractivity contribution in [1.82, 2.24) is 5.32 Å². The minimum atomic E-state index is -0.683. The third kappa shape index (κ3) is 8.24. The van der Waals surface area contributed by atoms with Crippen LogP contribution in [0.15, 0.2) is 84.9 Å². The molecule has 3 aromatic carbocycles. The molecule has 0 spiro atoms. The number of fused-ring (bicyclic) bond motifs is 1. The number of benzene rings is 3. The summed E-state index contributed by atoms with van der Waals surface area (Å²) in [6.07, 6.45) is 3.05. The fraction of sp³-hybridized carbons (Fsp3) is 0.344. The third-order valence-electron chi connectivity index (χ3n) is 6.94. The lowest BCUT2D eigenvalue weighted by molar-refractivity contribution is -0.148. The molecule has 1 heterocycles. The molecule has 0 bridgehead atoms. The van der Waals surface area contributed by atoms with Gasteiger partial charge in [-0.15, -0.1) is 0 Å². The zero-order chi connectivity index (χ0) is 28.2. The molecule has 1 aliphatic rings. The molecule has 210 valence electrons. The predicted molar refractivity (Wildman–Crippen MR) is 153 cm³/mol. The lowest BCUT2D eigenvalue weighted by Crippen LogP contribution is -2.53. The maximum absolute atomic E-state index is 13.9. The Morgan fingerprint density at radius 2 is 1.50 bits per heavy atom. The number of nitrogens with two attached hydrogens (primary N) is 1. The van der Waals surface area contributed by atoms with Gasteiger partial charge in [-0.25, -0.2) is 0 Å². The van der Waals surface area contributed by atoms with Crippen LogP contribution in [0.3, 0.4) is 0 Å². The van der Waals surface area contributed by atoms with Crippen molar-refractivity contribution in [2.24, 2.45) is 5.73 Å². The second kappa shape index (κ2) is 15.0. The highest BCUT2D eigenvalue weighted by Gasteiger charge is 2.34. The number of carbonyl (C=O) groups is 3. The van der Waals surface area contributed by atoms with Gasteiger partial charge in [0.1, 0.15) is 25.8 Å². The molecule has 3 N–H and O–H groups in total. The first-order chi connectivity index (χ1) is 19.5. The van der Waals surface area contributed by atoms with Crippen LogP contribution < -0.4 is 16.0 Å². The average molecular weight is 544 g/mol. The summed E-state index contributed by atoms with van der Waals surface area (Å²) in [7, 11) is 0. The molecule has 40 heavy (non-hydrogen) atoms. The highest BCUT2D eigenvalue weighted by molar-refractivity contribution is 6.02. The summed E-state index contributed by atoms with van der Waals surface area (Å²) in [4.78, 5) is 41.4. The second-order valence-corrected chi connectivity index (χ2v) is 9.89. The molecule has 1 aliphatic heterocycles.